The van der Waals surface area contributed by atoms with E-state index >= 15 is 0 Å². The molecule has 1 heterocycles. The van der Waals surface area contributed by atoms with E-state index in [1.54, 1.807) is 0 Å². The Hall–Kier alpha value is -3.13. The maximum atomic E-state index is 12.0. The number of carbonyl (C=O) groups is 1. The molecule has 0 bridgehead atoms. The van der Waals surface area contributed by atoms with Gasteiger partial charge in [0.1, 0.15) is 5.75 Å². The molecule has 0 unspecified atom stereocenters. The largest absolute Gasteiger partial charge is 0.490 e. The highest BCUT2D eigenvalue weighted by molar-refractivity contribution is 5.77. The predicted molar refractivity (Wildman–Crippen MR) is 94.0 cm³/mol. The minimum atomic E-state index is -0.540. The lowest BCUT2D eigenvalue weighted by Crippen LogP contribution is -2.28. The molecule has 0 atom stereocenters. The standard InChI is InChI=1S/C18H19N3O5/c1-25-17-7-15(4-5-16(17)21(23)24)26-11-18(22)20-8-12-2-3-13-9-19-10-14(13)6-12/h2-7,19H,8-11H2,1H3,(H,20,22). The third kappa shape index (κ3) is 4.09. The summed E-state index contributed by atoms with van der Waals surface area (Å²) in [4.78, 5) is 22.3. The van der Waals surface area contributed by atoms with E-state index in [1.807, 2.05) is 6.07 Å². The maximum Gasteiger partial charge on any atom is 0.311 e. The normalized spacial score (nSPS) is 12.3. The summed E-state index contributed by atoms with van der Waals surface area (Å²) in [6, 6.07) is 10.2. The number of hydrogen-bond acceptors (Lipinski definition) is 6. The van der Waals surface area contributed by atoms with Crippen LogP contribution in [0.2, 0.25) is 0 Å². The first-order valence-corrected chi connectivity index (χ1v) is 8.10. The molecule has 0 fully saturated rings. The van der Waals surface area contributed by atoms with Gasteiger partial charge in [0.05, 0.1) is 12.0 Å². The van der Waals surface area contributed by atoms with Crippen molar-refractivity contribution in [2.45, 2.75) is 19.6 Å². The second-order valence-corrected chi connectivity index (χ2v) is 5.86. The van der Waals surface area contributed by atoms with Crippen molar-refractivity contribution >= 4 is 11.6 Å². The third-order valence-corrected chi connectivity index (χ3v) is 4.11. The molecule has 3 rings (SSSR count). The van der Waals surface area contributed by atoms with Crippen LogP contribution >= 0.6 is 0 Å². The topological polar surface area (TPSA) is 103 Å². The summed E-state index contributed by atoms with van der Waals surface area (Å²) in [6.07, 6.45) is 0. The van der Waals surface area contributed by atoms with Crippen molar-refractivity contribution in [3.05, 3.63) is 63.2 Å². The summed E-state index contributed by atoms with van der Waals surface area (Å²) < 4.78 is 10.4. The fraction of sp³-hybridized carbons (Fsp3) is 0.278. The van der Waals surface area contributed by atoms with E-state index in [2.05, 4.69) is 22.8 Å². The first-order valence-electron chi connectivity index (χ1n) is 8.10. The summed E-state index contributed by atoms with van der Waals surface area (Å²) in [6.45, 7) is 1.96. The zero-order valence-electron chi connectivity index (χ0n) is 14.3. The molecule has 0 radical (unpaired) electrons. The van der Waals surface area contributed by atoms with Crippen LogP contribution in [0.1, 0.15) is 16.7 Å². The number of fused-ring (bicyclic) bond motifs is 1. The van der Waals surface area contributed by atoms with Gasteiger partial charge in [-0.05, 0) is 22.8 Å². The van der Waals surface area contributed by atoms with Gasteiger partial charge in [0, 0.05) is 31.8 Å². The minimum Gasteiger partial charge on any atom is -0.490 e. The van der Waals surface area contributed by atoms with Gasteiger partial charge in [-0.1, -0.05) is 18.2 Å². The van der Waals surface area contributed by atoms with Crippen LogP contribution in [0.3, 0.4) is 0 Å². The fourth-order valence-electron chi connectivity index (χ4n) is 2.76. The van der Waals surface area contributed by atoms with Crippen LogP contribution in [-0.4, -0.2) is 24.5 Å². The average Bonchev–Trinajstić information content (AvgIpc) is 3.12. The van der Waals surface area contributed by atoms with Crippen molar-refractivity contribution in [1.29, 1.82) is 0 Å². The van der Waals surface area contributed by atoms with Crippen LogP contribution in [0.15, 0.2) is 36.4 Å². The van der Waals surface area contributed by atoms with Gasteiger partial charge in [0.2, 0.25) is 5.75 Å². The van der Waals surface area contributed by atoms with Crippen LogP contribution in [0.25, 0.3) is 0 Å². The van der Waals surface area contributed by atoms with E-state index < -0.39 is 4.92 Å². The fourth-order valence-corrected chi connectivity index (χ4v) is 2.76. The Morgan fingerprint density at radius 3 is 2.81 bits per heavy atom. The lowest BCUT2D eigenvalue weighted by molar-refractivity contribution is -0.385. The molecule has 8 nitrogen and oxygen atoms in total. The van der Waals surface area contributed by atoms with Crippen molar-refractivity contribution in [3.8, 4) is 11.5 Å². The van der Waals surface area contributed by atoms with E-state index in [1.165, 1.54) is 36.4 Å². The highest BCUT2D eigenvalue weighted by atomic mass is 16.6. The monoisotopic (exact) mass is 357 g/mol. The zero-order valence-corrected chi connectivity index (χ0v) is 14.3. The molecule has 2 aromatic rings. The quantitative estimate of drug-likeness (QED) is 0.580. The van der Waals surface area contributed by atoms with Gasteiger partial charge in [-0.2, -0.15) is 0 Å². The Morgan fingerprint density at radius 2 is 2.04 bits per heavy atom. The lowest BCUT2D eigenvalue weighted by atomic mass is 10.1. The number of hydrogen-bond donors (Lipinski definition) is 2. The maximum absolute atomic E-state index is 12.0. The number of nitro benzene ring substituents is 1. The number of rotatable bonds is 7. The molecular formula is C18H19N3O5. The highest BCUT2D eigenvalue weighted by Gasteiger charge is 2.16. The molecule has 0 aliphatic carbocycles. The molecule has 8 heteroatoms. The number of amides is 1. The van der Waals surface area contributed by atoms with Crippen LogP contribution in [0.5, 0.6) is 11.5 Å². The number of carbonyl (C=O) groups excluding carboxylic acids is 1. The molecule has 1 amide bonds. The summed E-state index contributed by atoms with van der Waals surface area (Å²) >= 11 is 0. The van der Waals surface area contributed by atoms with E-state index in [-0.39, 0.29) is 24.0 Å². The predicted octanol–water partition coefficient (Wildman–Crippen LogP) is 1.90. The number of nitro groups is 1. The average molecular weight is 357 g/mol. The molecule has 26 heavy (non-hydrogen) atoms. The number of ether oxygens (including phenoxy) is 2. The molecule has 2 N–H and O–H groups in total. The summed E-state index contributed by atoms with van der Waals surface area (Å²) in [5.41, 5.74) is 3.41. The van der Waals surface area contributed by atoms with E-state index in [0.29, 0.717) is 12.3 Å². The van der Waals surface area contributed by atoms with Gasteiger partial charge in [-0.3, -0.25) is 14.9 Å². The molecule has 1 aliphatic rings. The first kappa shape index (κ1) is 17.7. The van der Waals surface area contributed by atoms with E-state index in [9.17, 15) is 14.9 Å². The Labute approximate surface area is 150 Å². The number of nitrogens with one attached hydrogen (secondary N) is 2. The summed E-state index contributed by atoms with van der Waals surface area (Å²) in [5, 5.41) is 16.9. The Balaban J connectivity index is 1.52. The summed E-state index contributed by atoms with van der Waals surface area (Å²) in [5.74, 6) is 0.131. The number of benzene rings is 2. The van der Waals surface area contributed by atoms with Crippen LogP contribution in [-0.2, 0) is 24.4 Å². The molecule has 0 spiro atoms. The van der Waals surface area contributed by atoms with Gasteiger partial charge >= 0.3 is 5.69 Å². The zero-order chi connectivity index (χ0) is 18.5. The van der Waals surface area contributed by atoms with E-state index in [4.69, 9.17) is 9.47 Å². The molecule has 0 aromatic heterocycles. The van der Waals surface area contributed by atoms with Crippen molar-refractivity contribution in [2.75, 3.05) is 13.7 Å². The van der Waals surface area contributed by atoms with Gasteiger partial charge in [-0.25, -0.2) is 0 Å². The van der Waals surface area contributed by atoms with Crippen molar-refractivity contribution in [2.24, 2.45) is 0 Å². The second kappa shape index (κ2) is 7.83. The van der Waals surface area contributed by atoms with E-state index in [0.717, 1.165) is 18.7 Å². The van der Waals surface area contributed by atoms with Gasteiger partial charge < -0.3 is 20.1 Å². The molecule has 0 saturated heterocycles. The lowest BCUT2D eigenvalue weighted by Gasteiger charge is -2.09. The summed E-state index contributed by atoms with van der Waals surface area (Å²) in [7, 11) is 1.34. The minimum absolute atomic E-state index is 0.0830. The number of methoxy groups -OCH3 is 1. The second-order valence-electron chi connectivity index (χ2n) is 5.86. The molecular weight excluding hydrogens is 338 g/mol. The number of nitrogens with zero attached hydrogens (tertiary/aromatic N) is 1. The van der Waals surface area contributed by atoms with Gasteiger partial charge in [0.15, 0.2) is 6.61 Å². The third-order valence-electron chi connectivity index (χ3n) is 4.11. The van der Waals surface area contributed by atoms with Crippen LogP contribution in [0.4, 0.5) is 5.69 Å². The van der Waals surface area contributed by atoms with Crippen molar-refractivity contribution < 1.29 is 19.2 Å². The van der Waals surface area contributed by atoms with Crippen molar-refractivity contribution in [3.63, 3.8) is 0 Å². The van der Waals surface area contributed by atoms with Gasteiger partial charge in [0.25, 0.3) is 5.91 Å². The Morgan fingerprint density at radius 1 is 1.23 bits per heavy atom. The Bertz CT molecular complexity index is 838. The van der Waals surface area contributed by atoms with Crippen LogP contribution in [0, 0.1) is 10.1 Å². The highest BCUT2D eigenvalue weighted by Crippen LogP contribution is 2.30. The molecule has 2 aromatic carbocycles. The molecule has 1 aliphatic heterocycles. The van der Waals surface area contributed by atoms with Crippen molar-refractivity contribution in [1.82, 2.24) is 10.6 Å². The SMILES string of the molecule is COc1cc(OCC(=O)NCc2ccc3c(c2)CNC3)ccc1[N+](=O)[O-]. The van der Waals surface area contributed by atoms with Crippen LogP contribution < -0.4 is 20.1 Å². The first-order chi connectivity index (χ1) is 12.6. The van der Waals surface area contributed by atoms with Gasteiger partial charge in [-0.15, -0.1) is 0 Å². The Kier molecular flexibility index (Phi) is 5.33. The molecule has 136 valence electrons. The molecule has 0 saturated carbocycles. The smallest absolute Gasteiger partial charge is 0.311 e.